The predicted octanol–water partition coefficient (Wildman–Crippen LogP) is 2.16. The minimum atomic E-state index is -0.917. The topological polar surface area (TPSA) is 72.2 Å². The molecule has 0 radical (unpaired) electrons. The molecule has 0 aliphatic carbocycles. The van der Waals surface area contributed by atoms with Crippen LogP contribution in [0.15, 0.2) is 22.3 Å². The van der Waals surface area contributed by atoms with Crippen LogP contribution in [0.1, 0.15) is 34.7 Å². The maximum absolute atomic E-state index is 12.0. The minimum absolute atomic E-state index is 0.338. The predicted molar refractivity (Wildman–Crippen MR) is 77.4 cm³/mol. The molecular formula is C14H16N2O3S. The fraction of sp³-hybridized carbons (Fsp3) is 0.357. The molecule has 2 aromatic rings. The third-order valence-electron chi connectivity index (χ3n) is 3.38. The van der Waals surface area contributed by atoms with Crippen LogP contribution in [0.5, 0.6) is 0 Å². The molecule has 0 saturated carbocycles. The third-order valence-corrected chi connectivity index (χ3v) is 4.24. The SMILES string of the molecule is Cc1nc(=O)n(Cc2cccs2)c(C)c1C(C)C(=O)O. The molecule has 0 spiro atoms. The Balaban J connectivity index is 2.55. The molecule has 0 bridgehead atoms. The molecule has 2 rings (SSSR count). The van der Waals surface area contributed by atoms with E-state index in [1.165, 1.54) is 4.57 Å². The summed E-state index contributed by atoms with van der Waals surface area (Å²) in [4.78, 5) is 28.2. The van der Waals surface area contributed by atoms with Crippen molar-refractivity contribution in [2.24, 2.45) is 0 Å². The van der Waals surface area contributed by atoms with E-state index in [1.807, 2.05) is 17.5 Å². The minimum Gasteiger partial charge on any atom is -0.481 e. The van der Waals surface area contributed by atoms with Crippen molar-refractivity contribution in [3.63, 3.8) is 0 Å². The Morgan fingerprint density at radius 3 is 2.75 bits per heavy atom. The molecule has 1 unspecified atom stereocenters. The van der Waals surface area contributed by atoms with E-state index in [-0.39, 0.29) is 5.69 Å². The summed E-state index contributed by atoms with van der Waals surface area (Å²) < 4.78 is 1.54. The van der Waals surface area contributed by atoms with Gasteiger partial charge in [-0.1, -0.05) is 6.07 Å². The van der Waals surface area contributed by atoms with Crippen LogP contribution in [-0.4, -0.2) is 20.6 Å². The molecule has 0 amide bonds. The van der Waals surface area contributed by atoms with Gasteiger partial charge in [0.1, 0.15) is 0 Å². The van der Waals surface area contributed by atoms with E-state index in [0.29, 0.717) is 23.5 Å². The second-order valence-corrected chi connectivity index (χ2v) is 5.74. The fourth-order valence-electron chi connectivity index (χ4n) is 2.31. The highest BCUT2D eigenvalue weighted by molar-refractivity contribution is 7.09. The summed E-state index contributed by atoms with van der Waals surface area (Å²) in [6.07, 6.45) is 0. The number of thiophene rings is 1. The largest absolute Gasteiger partial charge is 0.481 e. The van der Waals surface area contributed by atoms with E-state index in [9.17, 15) is 14.7 Å². The Hall–Kier alpha value is -1.95. The van der Waals surface area contributed by atoms with Crippen molar-refractivity contribution in [1.29, 1.82) is 0 Å². The first kappa shape index (κ1) is 14.5. The van der Waals surface area contributed by atoms with Crippen molar-refractivity contribution in [2.75, 3.05) is 0 Å². The summed E-state index contributed by atoms with van der Waals surface area (Å²) in [5.74, 6) is -1.60. The van der Waals surface area contributed by atoms with Crippen molar-refractivity contribution in [1.82, 2.24) is 9.55 Å². The van der Waals surface area contributed by atoms with E-state index in [1.54, 1.807) is 32.1 Å². The maximum atomic E-state index is 12.0. The zero-order chi connectivity index (χ0) is 14.9. The molecule has 0 saturated heterocycles. The zero-order valence-electron chi connectivity index (χ0n) is 11.6. The van der Waals surface area contributed by atoms with Crippen LogP contribution in [0.4, 0.5) is 0 Å². The van der Waals surface area contributed by atoms with Gasteiger partial charge >= 0.3 is 11.7 Å². The molecule has 6 heteroatoms. The number of aliphatic carboxylic acids is 1. The molecule has 0 aliphatic heterocycles. The molecule has 0 aromatic carbocycles. The van der Waals surface area contributed by atoms with E-state index in [0.717, 1.165) is 4.88 Å². The number of hydrogen-bond donors (Lipinski definition) is 1. The standard InChI is InChI=1S/C14H16N2O3S/c1-8(13(17)18)12-9(2)15-14(19)16(10(12)3)7-11-5-4-6-20-11/h4-6,8H,7H2,1-3H3,(H,17,18). The van der Waals surface area contributed by atoms with Crippen molar-refractivity contribution in [3.8, 4) is 0 Å². The number of aromatic nitrogens is 2. The summed E-state index contributed by atoms with van der Waals surface area (Å²) in [5.41, 5.74) is 1.44. The van der Waals surface area contributed by atoms with E-state index in [2.05, 4.69) is 4.98 Å². The summed E-state index contributed by atoms with van der Waals surface area (Å²) in [7, 11) is 0. The average Bonchev–Trinajstić information content (AvgIpc) is 2.86. The van der Waals surface area contributed by atoms with Gasteiger partial charge in [0.05, 0.1) is 12.5 Å². The smallest absolute Gasteiger partial charge is 0.348 e. The van der Waals surface area contributed by atoms with E-state index < -0.39 is 11.9 Å². The molecule has 106 valence electrons. The first-order valence-corrected chi connectivity index (χ1v) is 7.13. The number of hydrogen-bond acceptors (Lipinski definition) is 4. The molecule has 0 aliphatic rings. The van der Waals surface area contributed by atoms with Gasteiger partial charge in [-0.3, -0.25) is 9.36 Å². The normalized spacial score (nSPS) is 12.3. The number of nitrogens with zero attached hydrogens (tertiary/aromatic N) is 2. The maximum Gasteiger partial charge on any atom is 0.348 e. The van der Waals surface area contributed by atoms with Crippen molar-refractivity contribution in [2.45, 2.75) is 33.2 Å². The number of carbonyl (C=O) groups is 1. The lowest BCUT2D eigenvalue weighted by molar-refractivity contribution is -0.138. The second kappa shape index (κ2) is 5.58. The first-order valence-electron chi connectivity index (χ1n) is 6.25. The molecular weight excluding hydrogens is 276 g/mol. The molecule has 0 fully saturated rings. The Bertz CT molecular complexity index is 689. The van der Waals surface area contributed by atoms with Crippen LogP contribution in [-0.2, 0) is 11.3 Å². The van der Waals surface area contributed by atoms with E-state index in [4.69, 9.17) is 0 Å². The lowest BCUT2D eigenvalue weighted by Gasteiger charge is -2.17. The first-order chi connectivity index (χ1) is 9.41. The van der Waals surface area contributed by atoms with Crippen LogP contribution in [0.3, 0.4) is 0 Å². The van der Waals surface area contributed by atoms with Gasteiger partial charge in [0.2, 0.25) is 0 Å². The van der Waals surface area contributed by atoms with Gasteiger partial charge in [0.15, 0.2) is 0 Å². The van der Waals surface area contributed by atoms with Crippen LogP contribution in [0, 0.1) is 13.8 Å². The molecule has 5 nitrogen and oxygen atoms in total. The highest BCUT2D eigenvalue weighted by Crippen LogP contribution is 2.22. The fourth-order valence-corrected chi connectivity index (χ4v) is 3.00. The van der Waals surface area contributed by atoms with Gasteiger partial charge in [-0.05, 0) is 32.2 Å². The molecule has 2 heterocycles. The van der Waals surface area contributed by atoms with Crippen LogP contribution >= 0.6 is 11.3 Å². The molecule has 2 aromatic heterocycles. The van der Waals surface area contributed by atoms with Crippen molar-refractivity contribution >= 4 is 17.3 Å². The van der Waals surface area contributed by atoms with Crippen LogP contribution < -0.4 is 5.69 Å². The van der Waals surface area contributed by atoms with Crippen LogP contribution in [0.2, 0.25) is 0 Å². The van der Waals surface area contributed by atoms with Gasteiger partial charge in [-0.15, -0.1) is 11.3 Å². The van der Waals surface area contributed by atoms with Gasteiger partial charge in [-0.25, -0.2) is 4.79 Å². The summed E-state index contributed by atoms with van der Waals surface area (Å²) in [6.45, 7) is 5.49. The summed E-state index contributed by atoms with van der Waals surface area (Å²) in [6, 6.07) is 3.86. The Kier molecular flexibility index (Phi) is 4.04. The van der Waals surface area contributed by atoms with Gasteiger partial charge in [0.25, 0.3) is 0 Å². The summed E-state index contributed by atoms with van der Waals surface area (Å²) in [5, 5.41) is 11.1. The number of carboxylic acid groups (broad SMARTS) is 1. The van der Waals surface area contributed by atoms with Crippen molar-refractivity contribution < 1.29 is 9.90 Å². The average molecular weight is 292 g/mol. The van der Waals surface area contributed by atoms with Crippen molar-refractivity contribution in [3.05, 3.63) is 49.8 Å². The summed E-state index contributed by atoms with van der Waals surface area (Å²) >= 11 is 1.56. The number of carboxylic acids is 1. The lowest BCUT2D eigenvalue weighted by Crippen LogP contribution is -2.29. The van der Waals surface area contributed by atoms with E-state index >= 15 is 0 Å². The van der Waals surface area contributed by atoms with Gasteiger partial charge in [0, 0.05) is 21.8 Å². The number of aryl methyl sites for hydroxylation is 1. The van der Waals surface area contributed by atoms with Gasteiger partial charge in [-0.2, -0.15) is 4.98 Å². The van der Waals surface area contributed by atoms with Gasteiger partial charge < -0.3 is 5.11 Å². The Morgan fingerprint density at radius 2 is 2.20 bits per heavy atom. The Morgan fingerprint density at radius 1 is 1.50 bits per heavy atom. The number of rotatable bonds is 4. The highest BCUT2D eigenvalue weighted by atomic mass is 32.1. The lowest BCUT2D eigenvalue weighted by atomic mass is 9.98. The second-order valence-electron chi connectivity index (χ2n) is 4.70. The molecule has 20 heavy (non-hydrogen) atoms. The quantitative estimate of drug-likeness (QED) is 0.937. The zero-order valence-corrected chi connectivity index (χ0v) is 12.4. The highest BCUT2D eigenvalue weighted by Gasteiger charge is 2.22. The molecule has 1 N–H and O–H groups in total. The van der Waals surface area contributed by atoms with Crippen LogP contribution in [0.25, 0.3) is 0 Å². The third kappa shape index (κ3) is 2.65. The Labute approximate surface area is 120 Å². The molecule has 1 atom stereocenters. The monoisotopic (exact) mass is 292 g/mol.